The van der Waals surface area contributed by atoms with Gasteiger partial charge in [-0.25, -0.2) is 9.50 Å². The van der Waals surface area contributed by atoms with Gasteiger partial charge in [0.05, 0.1) is 22.5 Å². The normalized spacial score (nSPS) is 10.9. The van der Waals surface area contributed by atoms with Crippen LogP contribution in [0.1, 0.15) is 30.1 Å². The summed E-state index contributed by atoms with van der Waals surface area (Å²) in [5.74, 6) is 0.242. The fourth-order valence-electron chi connectivity index (χ4n) is 3.02. The summed E-state index contributed by atoms with van der Waals surface area (Å²) in [5.41, 5.74) is 10.1. The first-order chi connectivity index (χ1) is 14.2. The number of carbonyl (C=O) groups is 1. The second-order valence-electron chi connectivity index (χ2n) is 6.63. The van der Waals surface area contributed by atoms with Crippen molar-refractivity contribution in [3.05, 3.63) is 60.7 Å². The van der Waals surface area contributed by atoms with Gasteiger partial charge in [0.1, 0.15) is 0 Å². The molecule has 0 spiro atoms. The van der Waals surface area contributed by atoms with Gasteiger partial charge in [0, 0.05) is 36.9 Å². The third-order valence-corrected chi connectivity index (χ3v) is 4.56. The SMILES string of the molecule is CCCCNC(=O)c1ccc(-c2cnc3c(-c4ccccn4)c(N)nn3c2)nc1. The molecule has 4 aromatic heterocycles. The van der Waals surface area contributed by atoms with Crippen LogP contribution in [0.2, 0.25) is 0 Å². The summed E-state index contributed by atoms with van der Waals surface area (Å²) >= 11 is 0. The number of pyridine rings is 2. The number of amides is 1. The van der Waals surface area contributed by atoms with E-state index in [1.165, 1.54) is 0 Å². The highest BCUT2D eigenvalue weighted by Gasteiger charge is 2.15. The number of hydrogen-bond donors (Lipinski definition) is 2. The second kappa shape index (κ2) is 8.05. The zero-order chi connectivity index (χ0) is 20.2. The maximum Gasteiger partial charge on any atom is 0.252 e. The molecule has 0 saturated heterocycles. The smallest absolute Gasteiger partial charge is 0.252 e. The van der Waals surface area contributed by atoms with E-state index in [1.54, 1.807) is 35.2 Å². The highest BCUT2D eigenvalue weighted by Crippen LogP contribution is 2.28. The van der Waals surface area contributed by atoms with Crippen molar-refractivity contribution in [2.75, 3.05) is 12.3 Å². The molecule has 4 heterocycles. The molecule has 29 heavy (non-hydrogen) atoms. The molecule has 146 valence electrons. The van der Waals surface area contributed by atoms with Gasteiger partial charge < -0.3 is 11.1 Å². The van der Waals surface area contributed by atoms with Gasteiger partial charge in [-0.1, -0.05) is 19.4 Å². The van der Waals surface area contributed by atoms with Crippen molar-refractivity contribution in [3.63, 3.8) is 0 Å². The number of carbonyl (C=O) groups excluding carboxylic acids is 1. The molecule has 1 amide bonds. The molecule has 8 heteroatoms. The van der Waals surface area contributed by atoms with Crippen molar-refractivity contribution in [3.8, 4) is 22.5 Å². The quantitative estimate of drug-likeness (QED) is 0.492. The van der Waals surface area contributed by atoms with Crippen LogP contribution in [0.5, 0.6) is 0 Å². The zero-order valence-corrected chi connectivity index (χ0v) is 16.0. The van der Waals surface area contributed by atoms with Gasteiger partial charge >= 0.3 is 0 Å². The van der Waals surface area contributed by atoms with Crippen LogP contribution in [0.15, 0.2) is 55.1 Å². The predicted octanol–water partition coefficient (Wildman–Crippen LogP) is 2.97. The van der Waals surface area contributed by atoms with E-state index in [2.05, 4.69) is 32.3 Å². The van der Waals surface area contributed by atoms with E-state index in [0.29, 0.717) is 34.8 Å². The number of aromatic nitrogens is 5. The van der Waals surface area contributed by atoms with Crippen LogP contribution in [-0.2, 0) is 0 Å². The minimum absolute atomic E-state index is 0.120. The van der Waals surface area contributed by atoms with Crippen LogP contribution in [0, 0.1) is 0 Å². The van der Waals surface area contributed by atoms with E-state index in [-0.39, 0.29) is 5.91 Å². The number of nitrogens with one attached hydrogen (secondary N) is 1. The Balaban J connectivity index is 1.61. The molecule has 0 aliphatic carbocycles. The van der Waals surface area contributed by atoms with E-state index in [0.717, 1.165) is 24.1 Å². The second-order valence-corrected chi connectivity index (χ2v) is 6.63. The minimum Gasteiger partial charge on any atom is -0.382 e. The topological polar surface area (TPSA) is 111 Å². The number of unbranched alkanes of at least 4 members (excludes halogenated alkanes) is 1. The molecule has 4 aromatic rings. The van der Waals surface area contributed by atoms with Crippen LogP contribution < -0.4 is 11.1 Å². The van der Waals surface area contributed by atoms with Gasteiger partial charge in [0.2, 0.25) is 0 Å². The van der Waals surface area contributed by atoms with Crippen molar-refractivity contribution < 1.29 is 4.79 Å². The molecule has 0 fully saturated rings. The Bertz CT molecular complexity index is 1140. The largest absolute Gasteiger partial charge is 0.382 e. The highest BCUT2D eigenvalue weighted by atomic mass is 16.1. The lowest BCUT2D eigenvalue weighted by Gasteiger charge is -2.06. The van der Waals surface area contributed by atoms with Gasteiger partial charge in [-0.15, -0.1) is 5.10 Å². The zero-order valence-electron chi connectivity index (χ0n) is 16.0. The Kier molecular flexibility index (Phi) is 5.15. The molecule has 0 bridgehead atoms. The molecule has 0 aromatic carbocycles. The minimum atomic E-state index is -0.120. The number of hydrogen-bond acceptors (Lipinski definition) is 6. The average molecular weight is 387 g/mol. The molecule has 4 rings (SSSR count). The van der Waals surface area contributed by atoms with E-state index in [1.807, 2.05) is 24.4 Å². The van der Waals surface area contributed by atoms with E-state index in [9.17, 15) is 4.79 Å². The molecular formula is C21H21N7O. The maximum atomic E-state index is 12.1. The summed E-state index contributed by atoms with van der Waals surface area (Å²) in [7, 11) is 0. The van der Waals surface area contributed by atoms with E-state index < -0.39 is 0 Å². The number of nitrogen functional groups attached to an aromatic ring is 1. The van der Waals surface area contributed by atoms with Crippen molar-refractivity contribution in [2.24, 2.45) is 0 Å². The molecule has 0 aliphatic heterocycles. The molecule has 0 aliphatic rings. The van der Waals surface area contributed by atoms with Gasteiger partial charge in [0.25, 0.3) is 5.91 Å². The lowest BCUT2D eigenvalue weighted by atomic mass is 10.1. The Labute approximate surface area is 167 Å². The summed E-state index contributed by atoms with van der Waals surface area (Å²) < 4.78 is 1.63. The van der Waals surface area contributed by atoms with Crippen LogP contribution >= 0.6 is 0 Å². The van der Waals surface area contributed by atoms with Crippen molar-refractivity contribution in [1.29, 1.82) is 0 Å². The number of fused-ring (bicyclic) bond motifs is 1. The lowest BCUT2D eigenvalue weighted by Crippen LogP contribution is -2.24. The Morgan fingerprint density at radius 3 is 2.72 bits per heavy atom. The summed E-state index contributed by atoms with van der Waals surface area (Å²) in [6, 6.07) is 9.16. The number of rotatable bonds is 6. The molecule has 8 nitrogen and oxygen atoms in total. The average Bonchev–Trinajstić information content (AvgIpc) is 3.09. The van der Waals surface area contributed by atoms with Crippen LogP contribution in [0.3, 0.4) is 0 Å². The van der Waals surface area contributed by atoms with Crippen molar-refractivity contribution in [1.82, 2.24) is 29.9 Å². The summed E-state index contributed by atoms with van der Waals surface area (Å²) in [5, 5.41) is 7.25. The van der Waals surface area contributed by atoms with Crippen LogP contribution in [-0.4, -0.2) is 37.0 Å². The third kappa shape index (κ3) is 3.77. The standard InChI is InChI=1S/C21H21N7O/c1-2-3-9-24-21(29)14-7-8-16(25-11-14)15-12-26-20-18(17-6-4-5-10-23-17)19(22)27-28(20)13-15/h4-8,10-13H,2-3,9H2,1H3,(H2,22,27)(H,24,29). The van der Waals surface area contributed by atoms with E-state index >= 15 is 0 Å². The van der Waals surface area contributed by atoms with Gasteiger partial charge in [0.15, 0.2) is 11.5 Å². The van der Waals surface area contributed by atoms with E-state index in [4.69, 9.17) is 5.73 Å². The Hall–Kier alpha value is -3.81. The molecular weight excluding hydrogens is 366 g/mol. The van der Waals surface area contributed by atoms with Crippen molar-refractivity contribution >= 4 is 17.4 Å². The number of nitrogens with zero attached hydrogens (tertiary/aromatic N) is 5. The monoisotopic (exact) mass is 387 g/mol. The van der Waals surface area contributed by atoms with Gasteiger partial charge in [-0.05, 0) is 30.7 Å². The predicted molar refractivity (Wildman–Crippen MR) is 111 cm³/mol. The van der Waals surface area contributed by atoms with Gasteiger partial charge in [-0.2, -0.15) is 0 Å². The molecule has 0 unspecified atom stereocenters. The molecule has 3 N–H and O–H groups in total. The first-order valence-corrected chi connectivity index (χ1v) is 9.47. The fraction of sp³-hybridized carbons (Fsp3) is 0.190. The summed E-state index contributed by atoms with van der Waals surface area (Å²) in [6.45, 7) is 2.75. The molecule has 0 saturated carbocycles. The number of anilines is 1. The first-order valence-electron chi connectivity index (χ1n) is 9.47. The molecule has 0 atom stereocenters. The van der Waals surface area contributed by atoms with Crippen LogP contribution in [0.25, 0.3) is 28.2 Å². The third-order valence-electron chi connectivity index (χ3n) is 4.56. The maximum absolute atomic E-state index is 12.1. The summed E-state index contributed by atoms with van der Waals surface area (Å²) in [4.78, 5) is 25.4. The lowest BCUT2D eigenvalue weighted by molar-refractivity contribution is 0.0953. The Morgan fingerprint density at radius 2 is 2.00 bits per heavy atom. The highest BCUT2D eigenvalue weighted by molar-refractivity contribution is 5.94. The van der Waals surface area contributed by atoms with Gasteiger partial charge in [-0.3, -0.25) is 14.8 Å². The summed E-state index contributed by atoms with van der Waals surface area (Å²) in [6.07, 6.45) is 8.79. The Morgan fingerprint density at radius 1 is 1.10 bits per heavy atom. The van der Waals surface area contributed by atoms with Crippen molar-refractivity contribution in [2.45, 2.75) is 19.8 Å². The fourth-order valence-corrected chi connectivity index (χ4v) is 3.02. The first kappa shape index (κ1) is 18.5. The van der Waals surface area contributed by atoms with Crippen LogP contribution in [0.4, 0.5) is 5.82 Å². The number of nitrogens with two attached hydrogens (primary N) is 1. The molecule has 0 radical (unpaired) electrons.